The number of halogens is 1. The Morgan fingerprint density at radius 2 is 2.29 bits per heavy atom. The van der Waals surface area contributed by atoms with Crippen molar-refractivity contribution in [2.45, 2.75) is 25.8 Å². The zero-order valence-electron chi connectivity index (χ0n) is 9.42. The van der Waals surface area contributed by atoms with Crippen LogP contribution in [0.2, 0.25) is 0 Å². The molecule has 2 amide bonds. The molecule has 1 heterocycles. The van der Waals surface area contributed by atoms with E-state index in [1.807, 2.05) is 0 Å². The number of aryl methyl sites for hydroxylation is 1. The lowest BCUT2D eigenvalue weighted by Gasteiger charge is -2.12. The van der Waals surface area contributed by atoms with Crippen molar-refractivity contribution in [3.8, 4) is 0 Å². The zero-order chi connectivity index (χ0) is 12.4. The summed E-state index contributed by atoms with van der Waals surface area (Å²) < 4.78 is 12.9. The lowest BCUT2D eigenvalue weighted by Crippen LogP contribution is -2.37. The van der Waals surface area contributed by atoms with Crippen LogP contribution in [0.15, 0.2) is 18.2 Å². The van der Waals surface area contributed by atoms with Crippen LogP contribution in [0.3, 0.4) is 0 Å². The van der Waals surface area contributed by atoms with Crippen LogP contribution < -0.4 is 10.6 Å². The van der Waals surface area contributed by atoms with Crippen LogP contribution in [0.25, 0.3) is 0 Å². The molecule has 1 aromatic carbocycles. The third-order valence-corrected chi connectivity index (χ3v) is 2.76. The number of hydrogen-bond donors (Lipinski definition) is 2. The van der Waals surface area contributed by atoms with Gasteiger partial charge in [0.1, 0.15) is 11.9 Å². The first-order valence-corrected chi connectivity index (χ1v) is 5.42. The second-order valence-corrected chi connectivity index (χ2v) is 4.11. The standard InChI is InChI=1S/C12H13FN2O2/c1-7-6-8(13)2-3-9(7)15-12(17)10-4-5-11(16)14-10/h2-3,6,10H,4-5H2,1H3,(H,14,16)(H,15,17)/t10-/m0/s1. The molecule has 5 heteroatoms. The minimum absolute atomic E-state index is 0.110. The van der Waals surface area contributed by atoms with Gasteiger partial charge in [-0.15, -0.1) is 0 Å². The molecule has 2 rings (SSSR count). The van der Waals surface area contributed by atoms with E-state index in [4.69, 9.17) is 0 Å². The smallest absolute Gasteiger partial charge is 0.246 e. The molecule has 1 aliphatic rings. The zero-order valence-corrected chi connectivity index (χ0v) is 9.42. The average Bonchev–Trinajstić information content (AvgIpc) is 2.69. The number of anilines is 1. The molecule has 2 N–H and O–H groups in total. The van der Waals surface area contributed by atoms with Crippen molar-refractivity contribution in [2.75, 3.05) is 5.32 Å². The van der Waals surface area contributed by atoms with Crippen LogP contribution in [-0.2, 0) is 9.59 Å². The molecule has 1 fully saturated rings. The maximum Gasteiger partial charge on any atom is 0.246 e. The van der Waals surface area contributed by atoms with Crippen LogP contribution in [0.5, 0.6) is 0 Å². The van der Waals surface area contributed by atoms with Crippen molar-refractivity contribution >= 4 is 17.5 Å². The number of amides is 2. The monoisotopic (exact) mass is 236 g/mol. The molecule has 0 saturated carbocycles. The van der Waals surface area contributed by atoms with Gasteiger partial charge in [0.05, 0.1) is 0 Å². The molecule has 1 aliphatic heterocycles. The SMILES string of the molecule is Cc1cc(F)ccc1NC(=O)[C@@H]1CCC(=O)N1. The number of rotatable bonds is 2. The first-order chi connectivity index (χ1) is 8.06. The Bertz CT molecular complexity index is 474. The van der Waals surface area contributed by atoms with Crippen molar-refractivity contribution in [3.05, 3.63) is 29.6 Å². The Morgan fingerprint density at radius 1 is 1.53 bits per heavy atom. The van der Waals surface area contributed by atoms with E-state index < -0.39 is 6.04 Å². The largest absolute Gasteiger partial charge is 0.344 e. The van der Waals surface area contributed by atoms with Gasteiger partial charge in [0.2, 0.25) is 11.8 Å². The molecule has 0 spiro atoms. The van der Waals surface area contributed by atoms with Gasteiger partial charge < -0.3 is 10.6 Å². The van der Waals surface area contributed by atoms with E-state index >= 15 is 0 Å². The summed E-state index contributed by atoms with van der Waals surface area (Å²) in [5, 5.41) is 5.26. The van der Waals surface area contributed by atoms with Gasteiger partial charge >= 0.3 is 0 Å². The minimum atomic E-state index is -0.480. The van der Waals surface area contributed by atoms with Crippen molar-refractivity contribution in [1.82, 2.24) is 5.32 Å². The summed E-state index contributed by atoms with van der Waals surface area (Å²) in [7, 11) is 0. The van der Waals surface area contributed by atoms with Crippen molar-refractivity contribution in [2.24, 2.45) is 0 Å². The van der Waals surface area contributed by atoms with Gasteiger partial charge in [-0.3, -0.25) is 9.59 Å². The highest BCUT2D eigenvalue weighted by atomic mass is 19.1. The number of carbonyl (C=O) groups excluding carboxylic acids is 2. The Hall–Kier alpha value is -1.91. The number of hydrogen-bond acceptors (Lipinski definition) is 2. The van der Waals surface area contributed by atoms with Crippen molar-refractivity contribution in [3.63, 3.8) is 0 Å². The highest BCUT2D eigenvalue weighted by Crippen LogP contribution is 2.17. The van der Waals surface area contributed by atoms with E-state index in [9.17, 15) is 14.0 Å². The molecule has 0 aliphatic carbocycles. The van der Waals surface area contributed by atoms with Crippen LogP contribution >= 0.6 is 0 Å². The van der Waals surface area contributed by atoms with Crippen LogP contribution in [0, 0.1) is 12.7 Å². The molecular formula is C12H13FN2O2. The van der Waals surface area contributed by atoms with Crippen LogP contribution in [0.4, 0.5) is 10.1 Å². The third kappa shape index (κ3) is 2.61. The van der Waals surface area contributed by atoms with E-state index in [0.717, 1.165) is 0 Å². The Kier molecular flexibility index (Phi) is 3.08. The maximum atomic E-state index is 12.9. The first kappa shape index (κ1) is 11.6. The first-order valence-electron chi connectivity index (χ1n) is 5.42. The lowest BCUT2D eigenvalue weighted by molar-refractivity contribution is -0.122. The fourth-order valence-corrected chi connectivity index (χ4v) is 1.80. The predicted molar refractivity (Wildman–Crippen MR) is 60.9 cm³/mol. The van der Waals surface area contributed by atoms with E-state index in [1.165, 1.54) is 18.2 Å². The van der Waals surface area contributed by atoms with Gasteiger partial charge in [-0.2, -0.15) is 0 Å². The summed E-state index contributed by atoms with van der Waals surface area (Å²) in [5.74, 6) is -0.707. The number of carbonyl (C=O) groups is 2. The predicted octanol–water partition coefficient (Wildman–Crippen LogP) is 1.35. The fraction of sp³-hybridized carbons (Fsp3) is 0.333. The van der Waals surface area contributed by atoms with E-state index in [2.05, 4.69) is 10.6 Å². The molecule has 0 unspecified atom stereocenters. The summed E-state index contributed by atoms with van der Waals surface area (Å²) in [6, 6.07) is 3.67. The van der Waals surface area contributed by atoms with Gasteiger partial charge in [-0.05, 0) is 37.1 Å². The molecule has 4 nitrogen and oxygen atoms in total. The molecule has 1 atom stereocenters. The molecule has 0 aromatic heterocycles. The lowest BCUT2D eigenvalue weighted by atomic mass is 10.1. The fourth-order valence-electron chi connectivity index (χ4n) is 1.80. The van der Waals surface area contributed by atoms with Crippen molar-refractivity contribution in [1.29, 1.82) is 0 Å². The minimum Gasteiger partial charge on any atom is -0.344 e. The highest BCUT2D eigenvalue weighted by molar-refractivity contribution is 5.99. The highest BCUT2D eigenvalue weighted by Gasteiger charge is 2.27. The molecule has 0 radical (unpaired) electrons. The normalized spacial score (nSPS) is 18.9. The van der Waals surface area contributed by atoms with E-state index in [-0.39, 0.29) is 17.6 Å². The van der Waals surface area contributed by atoms with Crippen molar-refractivity contribution < 1.29 is 14.0 Å². The summed E-state index contributed by atoms with van der Waals surface area (Å²) in [4.78, 5) is 22.8. The Labute approximate surface area is 98.2 Å². The summed E-state index contributed by atoms with van der Waals surface area (Å²) in [6.07, 6.45) is 0.880. The summed E-state index contributed by atoms with van der Waals surface area (Å²) in [6.45, 7) is 1.71. The van der Waals surface area contributed by atoms with E-state index in [1.54, 1.807) is 6.92 Å². The van der Waals surface area contributed by atoms with Gasteiger partial charge in [0.15, 0.2) is 0 Å². The molecule has 0 bridgehead atoms. The Morgan fingerprint density at radius 3 is 2.88 bits per heavy atom. The topological polar surface area (TPSA) is 58.2 Å². The quantitative estimate of drug-likeness (QED) is 0.814. The molecular weight excluding hydrogens is 223 g/mol. The van der Waals surface area contributed by atoms with Gasteiger partial charge in [-0.25, -0.2) is 4.39 Å². The van der Waals surface area contributed by atoms with Gasteiger partial charge in [0, 0.05) is 12.1 Å². The second kappa shape index (κ2) is 4.53. The van der Waals surface area contributed by atoms with E-state index in [0.29, 0.717) is 24.1 Å². The number of benzene rings is 1. The summed E-state index contributed by atoms with van der Waals surface area (Å²) >= 11 is 0. The second-order valence-electron chi connectivity index (χ2n) is 4.11. The Balaban J connectivity index is 2.05. The molecule has 90 valence electrons. The van der Waals surface area contributed by atoms with Gasteiger partial charge in [-0.1, -0.05) is 0 Å². The molecule has 1 saturated heterocycles. The summed E-state index contributed by atoms with van der Waals surface area (Å²) in [5.41, 5.74) is 1.22. The van der Waals surface area contributed by atoms with Crippen LogP contribution in [0.1, 0.15) is 18.4 Å². The molecule has 1 aromatic rings. The number of nitrogens with one attached hydrogen (secondary N) is 2. The average molecular weight is 236 g/mol. The third-order valence-electron chi connectivity index (χ3n) is 2.76. The maximum absolute atomic E-state index is 12.9. The van der Waals surface area contributed by atoms with Gasteiger partial charge in [0.25, 0.3) is 0 Å². The molecule has 17 heavy (non-hydrogen) atoms. The van der Waals surface area contributed by atoms with Crippen LogP contribution in [-0.4, -0.2) is 17.9 Å².